The number of carbonyl (C=O) groups is 2. The van der Waals surface area contributed by atoms with Crippen LogP contribution in [0.5, 0.6) is 0 Å². The first-order valence-corrected chi connectivity index (χ1v) is 15.6. The second kappa shape index (κ2) is 12.0. The molecule has 3 aromatic heterocycles. The van der Waals surface area contributed by atoms with Crippen LogP contribution in [0.4, 0.5) is 0 Å². The maximum absolute atomic E-state index is 13.6. The van der Waals surface area contributed by atoms with Gasteiger partial charge >= 0.3 is 35.0 Å². The SMILES string of the molecule is C=Cc1c2[n-]c(c1C)/C=C1\[N-]/C(=C3\c4[n-]c(c(C)c4[C@]4(CO4)[C@@H]3C(=O)OC)/C=c3\[n-]/c(c(C)c3CC)=C\2)[C@@H](CCC(=O)O)[C@@H]1CO.[Mg+2]. The molecule has 0 radical (unpaired) electrons. The number of epoxide rings is 1. The second-order valence-corrected chi connectivity index (χ2v) is 12.5. The Kier molecular flexibility index (Phi) is 8.48. The van der Waals surface area contributed by atoms with Gasteiger partial charge in [0.25, 0.3) is 0 Å². The number of hydrogen-bond donors (Lipinski definition) is 2. The molecule has 10 nitrogen and oxygen atoms in total. The number of aromatic nitrogens is 3. The number of methoxy groups -OCH3 is 1. The van der Waals surface area contributed by atoms with Gasteiger partial charge in [-0.25, -0.2) is 0 Å². The number of aliphatic hydroxyl groups excluding tert-OH is 1. The summed E-state index contributed by atoms with van der Waals surface area (Å²) in [5, 5.41) is 27.2. The Hall–Kier alpha value is -3.77. The van der Waals surface area contributed by atoms with Gasteiger partial charge in [0.1, 0.15) is 11.5 Å². The van der Waals surface area contributed by atoms with Gasteiger partial charge in [0.2, 0.25) is 0 Å². The second-order valence-electron chi connectivity index (χ2n) is 12.5. The molecule has 2 N–H and O–H groups in total. The van der Waals surface area contributed by atoms with Crippen molar-refractivity contribution in [1.82, 2.24) is 15.0 Å². The molecule has 1 aliphatic carbocycles. The maximum Gasteiger partial charge on any atom is 2.00 e. The van der Waals surface area contributed by atoms with E-state index in [9.17, 15) is 19.8 Å². The Labute approximate surface area is 288 Å². The van der Waals surface area contributed by atoms with Gasteiger partial charge in [0, 0.05) is 13.0 Å². The number of ether oxygens (including phenoxy) is 2. The molecular formula is C36H36MgN4O6-2. The molecule has 2 fully saturated rings. The Morgan fingerprint density at radius 1 is 1.04 bits per heavy atom. The first-order valence-electron chi connectivity index (χ1n) is 15.6. The number of aliphatic carboxylic acids is 1. The fourth-order valence-electron chi connectivity index (χ4n) is 7.80. The molecule has 8 bridgehead atoms. The number of allylic oxidation sites excluding steroid dienone is 1. The van der Waals surface area contributed by atoms with Gasteiger partial charge in [-0.15, -0.1) is 33.5 Å². The number of fused-ring (bicyclic) bond motifs is 8. The van der Waals surface area contributed by atoms with Crippen molar-refractivity contribution in [3.63, 3.8) is 0 Å². The van der Waals surface area contributed by atoms with Gasteiger partial charge in [-0.05, 0) is 56.6 Å². The smallest absolute Gasteiger partial charge is 0.664 e. The normalized spacial score (nSPS) is 27.5. The molecule has 3 aliphatic heterocycles. The fourth-order valence-corrected chi connectivity index (χ4v) is 7.80. The van der Waals surface area contributed by atoms with E-state index in [0.717, 1.165) is 61.9 Å². The summed E-state index contributed by atoms with van der Waals surface area (Å²) in [4.78, 5) is 40.6. The quantitative estimate of drug-likeness (QED) is 0.224. The number of carboxylic acids is 1. The zero-order valence-corrected chi connectivity index (χ0v) is 28.7. The summed E-state index contributed by atoms with van der Waals surface area (Å²) in [5.74, 6) is -3.29. The van der Waals surface area contributed by atoms with Gasteiger partial charge in [0.05, 0.1) is 13.7 Å². The van der Waals surface area contributed by atoms with Crippen LogP contribution in [0, 0.1) is 38.5 Å². The summed E-state index contributed by atoms with van der Waals surface area (Å²) in [6, 6.07) is 0. The molecule has 0 saturated carbocycles. The summed E-state index contributed by atoms with van der Waals surface area (Å²) in [6.45, 7) is 12.2. The van der Waals surface area contributed by atoms with E-state index in [0.29, 0.717) is 35.0 Å². The maximum atomic E-state index is 13.6. The predicted molar refractivity (Wildman–Crippen MR) is 177 cm³/mol. The van der Waals surface area contributed by atoms with Crippen LogP contribution in [0.3, 0.4) is 0 Å². The van der Waals surface area contributed by atoms with Crippen LogP contribution >= 0.6 is 0 Å². The van der Waals surface area contributed by atoms with E-state index in [1.54, 1.807) is 6.08 Å². The van der Waals surface area contributed by atoms with Crippen LogP contribution in [0.15, 0.2) is 18.0 Å². The summed E-state index contributed by atoms with van der Waals surface area (Å²) < 4.78 is 11.5. The Bertz CT molecular complexity index is 2020. The zero-order chi connectivity index (χ0) is 32.7. The zero-order valence-electron chi connectivity index (χ0n) is 27.3. The summed E-state index contributed by atoms with van der Waals surface area (Å²) in [7, 11) is 1.35. The molecule has 2 saturated heterocycles. The van der Waals surface area contributed by atoms with Crippen molar-refractivity contribution < 1.29 is 29.3 Å². The third kappa shape index (κ3) is 4.89. The Morgan fingerprint density at radius 3 is 2.36 bits per heavy atom. The minimum Gasteiger partial charge on any atom is -0.664 e. The van der Waals surface area contributed by atoms with Crippen LogP contribution < -0.4 is 25.7 Å². The number of hydrogen-bond acceptors (Lipinski definition) is 5. The number of carboxylic acid groups (broad SMARTS) is 1. The van der Waals surface area contributed by atoms with Gasteiger partial charge in [0.15, 0.2) is 0 Å². The van der Waals surface area contributed by atoms with Gasteiger partial charge < -0.3 is 40.0 Å². The van der Waals surface area contributed by atoms with Crippen molar-refractivity contribution in [3.8, 4) is 0 Å². The summed E-state index contributed by atoms with van der Waals surface area (Å²) >= 11 is 0. The minimum absolute atomic E-state index is 0. The average molecular weight is 645 g/mol. The van der Waals surface area contributed by atoms with E-state index in [1.807, 2.05) is 32.1 Å². The predicted octanol–water partition coefficient (Wildman–Crippen LogP) is 2.54. The van der Waals surface area contributed by atoms with Crippen molar-refractivity contribution in [1.29, 1.82) is 0 Å². The van der Waals surface area contributed by atoms with E-state index in [-0.39, 0.29) is 42.5 Å². The fraction of sp³-hybridized carbons (Fsp3) is 0.389. The molecule has 6 heterocycles. The molecule has 240 valence electrons. The van der Waals surface area contributed by atoms with E-state index < -0.39 is 35.3 Å². The minimum atomic E-state index is -0.956. The largest absolute Gasteiger partial charge is 2.00 e. The number of rotatable bonds is 7. The van der Waals surface area contributed by atoms with Gasteiger partial charge in [-0.1, -0.05) is 65.6 Å². The number of nitrogens with zero attached hydrogens (tertiary/aromatic N) is 4. The molecule has 4 atom stereocenters. The molecule has 4 aliphatic rings. The number of esters is 1. The first kappa shape index (κ1) is 33.1. The molecule has 0 aromatic carbocycles. The van der Waals surface area contributed by atoms with E-state index in [4.69, 9.17) is 29.7 Å². The van der Waals surface area contributed by atoms with Crippen molar-refractivity contribution in [2.45, 2.75) is 52.6 Å². The van der Waals surface area contributed by atoms with Crippen LogP contribution in [-0.4, -0.2) is 65.5 Å². The molecule has 47 heavy (non-hydrogen) atoms. The van der Waals surface area contributed by atoms with Crippen LogP contribution in [0.2, 0.25) is 0 Å². The molecule has 0 amide bonds. The van der Waals surface area contributed by atoms with Crippen molar-refractivity contribution in [3.05, 3.63) is 90.1 Å². The topological polar surface area (TPSA) is 153 Å². The Morgan fingerprint density at radius 2 is 1.74 bits per heavy atom. The van der Waals surface area contributed by atoms with Crippen molar-refractivity contribution in [2.24, 2.45) is 17.8 Å². The van der Waals surface area contributed by atoms with Gasteiger partial charge in [-0.2, -0.15) is 11.4 Å². The monoisotopic (exact) mass is 644 g/mol. The Balaban J connectivity index is 0.00000386. The van der Waals surface area contributed by atoms with Crippen molar-refractivity contribution >= 4 is 64.9 Å². The molecule has 7 rings (SSSR count). The standard InChI is InChI=1S/C36H36N4O6.Mg/c1-7-19-17(4)24-12-28-22(14-41)21(9-10-29(42)43)33(40-28)30-32(35(44)45-6)36(15-46-36)31-18(5)25(39-34(30)31)13-27-20(8-2)16(3)23(37-27)11-26(19)38-24;/h7,11-13,21-22,32,41H,1,8-10,14-15H2,2-6H3,(H,42,43);/q-4;+2/b23-11-,27-13-,28-12-,33-30-;/t21-,22-,32-,36+;/m0./s1. The molecule has 1 spiro atoms. The summed E-state index contributed by atoms with van der Waals surface area (Å²) in [6.07, 6.45) is 8.46. The third-order valence-corrected chi connectivity index (χ3v) is 10.2. The molecule has 0 unspecified atom stereocenters. The van der Waals surface area contributed by atoms with E-state index in [1.165, 1.54) is 7.11 Å². The van der Waals surface area contributed by atoms with Gasteiger partial charge in [-0.3, -0.25) is 9.59 Å². The molecule has 11 heteroatoms. The first-order chi connectivity index (χ1) is 22.1. The third-order valence-electron chi connectivity index (χ3n) is 10.2. The summed E-state index contributed by atoms with van der Waals surface area (Å²) in [5.41, 5.74) is 9.10. The number of carbonyl (C=O) groups excluding carboxylic acids is 1. The average Bonchev–Trinajstić information content (AvgIpc) is 3.21. The van der Waals surface area contributed by atoms with Crippen LogP contribution in [0.25, 0.3) is 35.2 Å². The van der Waals surface area contributed by atoms with Crippen molar-refractivity contribution in [2.75, 3.05) is 20.3 Å². The molecule has 3 aromatic rings. The number of aliphatic hydroxyl groups is 1. The van der Waals surface area contributed by atoms with Crippen LogP contribution in [-0.2, 0) is 31.1 Å². The molecular weight excluding hydrogens is 609 g/mol. The van der Waals surface area contributed by atoms with Crippen LogP contribution in [0.1, 0.15) is 75.9 Å². The van der Waals surface area contributed by atoms with E-state index in [2.05, 4.69) is 20.4 Å². The van der Waals surface area contributed by atoms with E-state index >= 15 is 0 Å².